The molecule has 0 aromatic carbocycles. The molecule has 5 heteroatoms. The lowest BCUT2D eigenvalue weighted by Crippen LogP contribution is -2.15. The van der Waals surface area contributed by atoms with Crippen molar-refractivity contribution in [2.24, 2.45) is 5.92 Å². The van der Waals surface area contributed by atoms with E-state index in [1.807, 2.05) is 0 Å². The summed E-state index contributed by atoms with van der Waals surface area (Å²) in [5.41, 5.74) is 0. The first kappa shape index (κ1) is 9.51. The largest absolute Gasteiger partial charge is 0.356 e. The minimum Gasteiger partial charge on any atom is -0.356 e. The second-order valence-corrected chi connectivity index (χ2v) is 5.55. The third-order valence-corrected chi connectivity index (χ3v) is 2.94. The van der Waals surface area contributed by atoms with Crippen molar-refractivity contribution in [1.29, 1.82) is 0 Å². The quantitative estimate of drug-likeness (QED) is 0.657. The van der Waals surface area contributed by atoms with Crippen LogP contribution in [0.25, 0.3) is 0 Å². The molecule has 4 nitrogen and oxygen atoms in total. The topological polar surface area (TPSA) is 63.2 Å². The highest BCUT2D eigenvalue weighted by atomic mass is 32.2. The third kappa shape index (κ3) is 3.21. The van der Waals surface area contributed by atoms with Gasteiger partial charge in [-0.2, -0.15) is 0 Å². The van der Waals surface area contributed by atoms with Crippen molar-refractivity contribution in [3.63, 3.8) is 0 Å². The molecule has 1 aliphatic heterocycles. The summed E-state index contributed by atoms with van der Waals surface area (Å²) in [6.07, 6.45) is 2.30. The number of carbonyl (C=O) groups is 1. The molecule has 1 saturated heterocycles. The lowest BCUT2D eigenvalue weighted by Gasteiger charge is -2.04. The van der Waals surface area contributed by atoms with E-state index >= 15 is 0 Å². The highest BCUT2D eigenvalue weighted by Gasteiger charge is 2.22. The minimum atomic E-state index is -2.87. The molecule has 0 spiro atoms. The lowest BCUT2D eigenvalue weighted by atomic mass is 10.1. The number of amides is 1. The second-order valence-electron chi connectivity index (χ2n) is 3.29. The number of hydrogen-bond donors (Lipinski definition) is 1. The van der Waals surface area contributed by atoms with Crippen LogP contribution < -0.4 is 5.32 Å². The Balaban J connectivity index is 2.30. The number of carbonyl (C=O) groups excluding carboxylic acids is 1. The van der Waals surface area contributed by atoms with Crippen molar-refractivity contribution in [3.05, 3.63) is 0 Å². The van der Waals surface area contributed by atoms with Gasteiger partial charge in [-0.15, -0.1) is 0 Å². The van der Waals surface area contributed by atoms with Crippen LogP contribution in [0.1, 0.15) is 12.8 Å². The number of sulfone groups is 1. The van der Waals surface area contributed by atoms with Crippen LogP contribution >= 0.6 is 0 Å². The fourth-order valence-corrected chi connectivity index (χ4v) is 2.01. The van der Waals surface area contributed by atoms with Crippen LogP contribution in [-0.2, 0) is 14.6 Å². The van der Waals surface area contributed by atoms with Crippen LogP contribution in [0.3, 0.4) is 0 Å². The van der Waals surface area contributed by atoms with Gasteiger partial charge >= 0.3 is 0 Å². The summed E-state index contributed by atoms with van der Waals surface area (Å²) >= 11 is 0. The lowest BCUT2D eigenvalue weighted by molar-refractivity contribution is -0.119. The molecule has 0 bridgehead atoms. The average molecular weight is 191 g/mol. The summed E-state index contributed by atoms with van der Waals surface area (Å²) in [6.45, 7) is 0.633. The van der Waals surface area contributed by atoms with E-state index in [9.17, 15) is 13.2 Å². The second kappa shape index (κ2) is 3.43. The Kier molecular flexibility index (Phi) is 2.72. The highest BCUT2D eigenvalue weighted by molar-refractivity contribution is 7.90. The molecular formula is C7H13NO3S. The van der Waals surface area contributed by atoms with Crippen molar-refractivity contribution in [1.82, 2.24) is 5.32 Å². The molecule has 1 atom stereocenters. The third-order valence-electron chi connectivity index (χ3n) is 1.96. The van der Waals surface area contributed by atoms with Crippen molar-refractivity contribution >= 4 is 15.7 Å². The monoisotopic (exact) mass is 191 g/mol. The van der Waals surface area contributed by atoms with Gasteiger partial charge in [-0.3, -0.25) is 4.79 Å². The Morgan fingerprint density at radius 1 is 1.58 bits per heavy atom. The molecule has 1 N–H and O–H groups in total. The van der Waals surface area contributed by atoms with Gasteiger partial charge < -0.3 is 5.32 Å². The van der Waals surface area contributed by atoms with E-state index in [0.29, 0.717) is 19.4 Å². The zero-order valence-corrected chi connectivity index (χ0v) is 7.86. The van der Waals surface area contributed by atoms with E-state index in [-0.39, 0.29) is 17.6 Å². The summed E-state index contributed by atoms with van der Waals surface area (Å²) in [7, 11) is -2.87. The summed E-state index contributed by atoms with van der Waals surface area (Å²) in [5, 5.41) is 2.67. The van der Waals surface area contributed by atoms with E-state index in [1.54, 1.807) is 0 Å². The molecule has 1 aliphatic rings. The van der Waals surface area contributed by atoms with E-state index < -0.39 is 9.84 Å². The van der Waals surface area contributed by atoms with Crippen molar-refractivity contribution in [2.45, 2.75) is 12.8 Å². The van der Waals surface area contributed by atoms with E-state index in [2.05, 4.69) is 5.32 Å². The van der Waals surface area contributed by atoms with E-state index in [1.165, 1.54) is 6.26 Å². The Morgan fingerprint density at radius 3 is 2.67 bits per heavy atom. The molecule has 12 heavy (non-hydrogen) atoms. The maximum absolute atomic E-state index is 10.8. The Morgan fingerprint density at radius 2 is 2.25 bits per heavy atom. The van der Waals surface area contributed by atoms with Gasteiger partial charge in [-0.1, -0.05) is 0 Å². The standard InChI is InChI=1S/C7H13NO3S/c1-12(10,11)3-2-6-4-7(9)8-5-6/h6H,2-5H2,1H3,(H,8,9). The minimum absolute atomic E-state index is 0.0356. The maximum atomic E-state index is 10.8. The summed E-state index contributed by atoms with van der Waals surface area (Å²) in [5.74, 6) is 0.438. The van der Waals surface area contributed by atoms with E-state index in [4.69, 9.17) is 0 Å². The summed E-state index contributed by atoms with van der Waals surface area (Å²) in [6, 6.07) is 0. The molecule has 0 saturated carbocycles. The molecule has 70 valence electrons. The van der Waals surface area contributed by atoms with Gasteiger partial charge in [0.15, 0.2) is 0 Å². The van der Waals surface area contributed by atoms with Crippen molar-refractivity contribution in [2.75, 3.05) is 18.6 Å². The molecular weight excluding hydrogens is 178 g/mol. The predicted octanol–water partition coefficient (Wildman–Crippen LogP) is -0.443. The first-order valence-electron chi connectivity index (χ1n) is 3.92. The van der Waals surface area contributed by atoms with Gasteiger partial charge in [-0.05, 0) is 12.3 Å². The Labute approximate surface area is 72.3 Å². The molecule has 0 aliphatic carbocycles. The van der Waals surface area contributed by atoms with Crippen LogP contribution in [0.5, 0.6) is 0 Å². The van der Waals surface area contributed by atoms with Crippen LogP contribution in [-0.4, -0.2) is 32.9 Å². The molecule has 0 radical (unpaired) electrons. The van der Waals surface area contributed by atoms with Gasteiger partial charge in [0.05, 0.1) is 5.75 Å². The predicted molar refractivity (Wildman–Crippen MR) is 45.4 cm³/mol. The molecule has 1 fully saturated rings. The normalized spacial score (nSPS) is 24.1. The number of rotatable bonds is 3. The molecule has 1 rings (SSSR count). The van der Waals surface area contributed by atoms with Crippen LogP contribution in [0.4, 0.5) is 0 Å². The summed E-state index contributed by atoms with van der Waals surface area (Å²) < 4.78 is 21.5. The average Bonchev–Trinajstić information content (AvgIpc) is 2.30. The van der Waals surface area contributed by atoms with Crippen LogP contribution in [0, 0.1) is 5.92 Å². The molecule has 1 amide bonds. The van der Waals surface area contributed by atoms with Gasteiger partial charge in [0, 0.05) is 19.2 Å². The zero-order valence-electron chi connectivity index (χ0n) is 7.04. The number of hydrogen-bond acceptors (Lipinski definition) is 3. The van der Waals surface area contributed by atoms with Gasteiger partial charge in [0.25, 0.3) is 0 Å². The SMILES string of the molecule is CS(=O)(=O)CCC1CNC(=O)C1. The zero-order chi connectivity index (χ0) is 9.19. The van der Waals surface area contributed by atoms with E-state index in [0.717, 1.165) is 0 Å². The van der Waals surface area contributed by atoms with Crippen LogP contribution in [0.15, 0.2) is 0 Å². The van der Waals surface area contributed by atoms with Crippen molar-refractivity contribution < 1.29 is 13.2 Å². The Hall–Kier alpha value is -0.580. The van der Waals surface area contributed by atoms with Crippen molar-refractivity contribution in [3.8, 4) is 0 Å². The highest BCUT2D eigenvalue weighted by Crippen LogP contribution is 2.13. The molecule has 1 heterocycles. The fourth-order valence-electron chi connectivity index (χ4n) is 1.25. The number of nitrogens with one attached hydrogen (secondary N) is 1. The fraction of sp³-hybridized carbons (Fsp3) is 0.857. The first-order valence-corrected chi connectivity index (χ1v) is 5.98. The molecule has 0 aromatic heterocycles. The smallest absolute Gasteiger partial charge is 0.220 e. The first-order chi connectivity index (χ1) is 5.47. The molecule has 1 unspecified atom stereocenters. The van der Waals surface area contributed by atoms with Gasteiger partial charge in [0.1, 0.15) is 9.84 Å². The van der Waals surface area contributed by atoms with Gasteiger partial charge in [-0.25, -0.2) is 8.42 Å². The maximum Gasteiger partial charge on any atom is 0.220 e. The summed E-state index contributed by atoms with van der Waals surface area (Å²) in [4.78, 5) is 10.7. The van der Waals surface area contributed by atoms with Crippen LogP contribution in [0.2, 0.25) is 0 Å². The van der Waals surface area contributed by atoms with Gasteiger partial charge in [0.2, 0.25) is 5.91 Å². The Bertz CT molecular complexity index is 270. The molecule has 0 aromatic rings.